The second kappa shape index (κ2) is 7.24. The fraction of sp³-hybridized carbons (Fsp3) is 0.190. The summed E-state index contributed by atoms with van der Waals surface area (Å²) < 4.78 is 28.0. The number of halogens is 2. The molecule has 2 N–H and O–H groups in total. The number of hydrogen-bond donors (Lipinski definition) is 2. The first-order chi connectivity index (χ1) is 13.3. The second-order valence-electron chi connectivity index (χ2n) is 6.80. The molecule has 1 aliphatic rings. The van der Waals surface area contributed by atoms with Gasteiger partial charge in [-0.2, -0.15) is 5.26 Å². The number of nitrogens with zero attached hydrogens (tertiary/aromatic N) is 1. The molecule has 3 rings (SSSR count). The highest BCUT2D eigenvalue weighted by Gasteiger charge is 2.41. The average molecular weight is 381 g/mol. The molecule has 0 aromatic heterocycles. The maximum Gasteiger partial charge on any atom is 0.268 e. The number of benzene rings is 2. The van der Waals surface area contributed by atoms with E-state index in [4.69, 9.17) is 0 Å². The van der Waals surface area contributed by atoms with Crippen LogP contribution in [0.1, 0.15) is 30.5 Å². The van der Waals surface area contributed by atoms with Crippen molar-refractivity contribution in [1.82, 2.24) is 10.6 Å². The van der Waals surface area contributed by atoms with E-state index in [0.717, 1.165) is 17.7 Å². The summed E-state index contributed by atoms with van der Waals surface area (Å²) in [4.78, 5) is 25.4. The molecule has 142 valence electrons. The summed E-state index contributed by atoms with van der Waals surface area (Å²) in [5.41, 5.74) is -1.07. The zero-order valence-corrected chi connectivity index (χ0v) is 15.3. The van der Waals surface area contributed by atoms with Crippen molar-refractivity contribution in [1.29, 1.82) is 5.26 Å². The van der Waals surface area contributed by atoms with Crippen molar-refractivity contribution in [2.45, 2.75) is 25.8 Å². The van der Waals surface area contributed by atoms with Gasteiger partial charge in [-0.25, -0.2) is 8.78 Å². The van der Waals surface area contributed by atoms with Crippen molar-refractivity contribution in [3.63, 3.8) is 0 Å². The summed E-state index contributed by atoms with van der Waals surface area (Å²) in [5.74, 6) is -3.52. The summed E-state index contributed by atoms with van der Waals surface area (Å²) in [6, 6.07) is 12.9. The molecule has 1 unspecified atom stereocenters. The van der Waals surface area contributed by atoms with E-state index in [9.17, 15) is 23.6 Å². The maximum atomic E-state index is 14.3. The first kappa shape index (κ1) is 19.2. The molecule has 1 atom stereocenters. The Hall–Kier alpha value is -3.53. The molecule has 0 saturated carbocycles. The smallest absolute Gasteiger partial charge is 0.268 e. The van der Waals surface area contributed by atoms with Gasteiger partial charge in [0.05, 0.1) is 11.6 Å². The maximum absolute atomic E-state index is 14.3. The number of rotatable bonds is 3. The molecule has 0 radical (unpaired) electrons. The van der Waals surface area contributed by atoms with Crippen LogP contribution in [0.15, 0.2) is 48.2 Å². The molecule has 0 aliphatic carbocycles. The highest BCUT2D eigenvalue weighted by Crippen LogP contribution is 2.28. The molecule has 1 fully saturated rings. The average Bonchev–Trinajstić information content (AvgIpc) is 2.67. The number of amides is 2. The number of allylic oxidation sites excluding steroid dienone is 1. The molecule has 0 bridgehead atoms. The Bertz CT molecular complexity index is 1040. The van der Waals surface area contributed by atoms with Crippen molar-refractivity contribution in [3.8, 4) is 6.07 Å². The van der Waals surface area contributed by atoms with E-state index in [-0.39, 0.29) is 28.8 Å². The Morgan fingerprint density at radius 3 is 2.46 bits per heavy atom. The normalized spacial score (nSPS) is 20.8. The van der Waals surface area contributed by atoms with Gasteiger partial charge in [-0.1, -0.05) is 30.3 Å². The van der Waals surface area contributed by atoms with Gasteiger partial charge in [-0.05, 0) is 37.1 Å². The Kier molecular flexibility index (Phi) is 4.97. The molecule has 5 nitrogen and oxygen atoms in total. The highest BCUT2D eigenvalue weighted by atomic mass is 19.2. The first-order valence-electron chi connectivity index (χ1n) is 8.54. The van der Waals surface area contributed by atoms with E-state index < -0.39 is 29.0 Å². The van der Waals surface area contributed by atoms with Crippen LogP contribution in [-0.4, -0.2) is 17.4 Å². The van der Waals surface area contributed by atoms with Gasteiger partial charge in [0, 0.05) is 12.0 Å². The molecule has 2 aromatic rings. The molecular formula is C21H17F2N3O2. The fourth-order valence-corrected chi connectivity index (χ4v) is 3.21. The largest absolute Gasteiger partial charge is 0.336 e. The highest BCUT2D eigenvalue weighted by molar-refractivity contribution is 6.10. The molecule has 2 amide bonds. The zero-order chi connectivity index (χ0) is 20.5. The van der Waals surface area contributed by atoms with Crippen LogP contribution in [0.25, 0.3) is 5.57 Å². The predicted molar refractivity (Wildman–Crippen MR) is 98.5 cm³/mol. The molecule has 28 heavy (non-hydrogen) atoms. The van der Waals surface area contributed by atoms with Crippen LogP contribution < -0.4 is 10.6 Å². The van der Waals surface area contributed by atoms with Crippen molar-refractivity contribution in [3.05, 3.63) is 76.5 Å². The minimum Gasteiger partial charge on any atom is -0.336 e. The van der Waals surface area contributed by atoms with Crippen LogP contribution in [0.5, 0.6) is 0 Å². The van der Waals surface area contributed by atoms with Crippen LogP contribution in [-0.2, 0) is 16.0 Å². The van der Waals surface area contributed by atoms with Crippen LogP contribution >= 0.6 is 0 Å². The number of nitrogens with one attached hydrogen (secondary N) is 2. The summed E-state index contributed by atoms with van der Waals surface area (Å²) in [5, 5.41) is 14.4. The lowest BCUT2D eigenvalue weighted by Gasteiger charge is -2.35. The third-order valence-corrected chi connectivity index (χ3v) is 4.72. The van der Waals surface area contributed by atoms with Gasteiger partial charge in [0.25, 0.3) is 5.91 Å². The lowest BCUT2D eigenvalue weighted by Crippen LogP contribution is -2.64. The molecular weight excluding hydrogens is 364 g/mol. The standard InChI is InChI=1S/C21H17F2N3O2/c1-12(16-14(11-24)8-9-15(22)17(16)23)18-19(27)26-21(2,20(28)25-18)10-13-6-4-3-5-7-13/h3-9H,10H2,1-2H3,(H,25,28)(H,26,27). The second-order valence-corrected chi connectivity index (χ2v) is 6.80. The molecule has 2 aromatic carbocycles. The predicted octanol–water partition coefficient (Wildman–Crippen LogP) is 2.81. The molecule has 1 saturated heterocycles. The van der Waals surface area contributed by atoms with E-state index in [1.807, 2.05) is 30.3 Å². The van der Waals surface area contributed by atoms with Crippen LogP contribution in [0.2, 0.25) is 0 Å². The fourth-order valence-electron chi connectivity index (χ4n) is 3.21. The molecule has 7 heteroatoms. The quantitative estimate of drug-likeness (QED) is 0.802. The van der Waals surface area contributed by atoms with Crippen LogP contribution in [0, 0.1) is 23.0 Å². The third kappa shape index (κ3) is 3.37. The number of carbonyl (C=O) groups excluding carboxylic acids is 2. The molecule has 1 heterocycles. The Morgan fingerprint density at radius 1 is 1.14 bits per heavy atom. The van der Waals surface area contributed by atoms with Crippen LogP contribution in [0.4, 0.5) is 8.78 Å². The van der Waals surface area contributed by atoms with E-state index >= 15 is 0 Å². The minimum absolute atomic E-state index is 0.0267. The SMILES string of the molecule is CC(=C1NC(=O)C(C)(Cc2ccccc2)NC1=O)c1c(C#N)ccc(F)c1F. The monoisotopic (exact) mass is 381 g/mol. The van der Waals surface area contributed by atoms with Crippen LogP contribution in [0.3, 0.4) is 0 Å². The zero-order valence-electron chi connectivity index (χ0n) is 15.3. The van der Waals surface area contributed by atoms with Gasteiger partial charge >= 0.3 is 0 Å². The molecule has 0 spiro atoms. The van der Waals surface area contributed by atoms with Gasteiger partial charge in [-0.15, -0.1) is 0 Å². The number of piperazine rings is 1. The van der Waals surface area contributed by atoms with Gasteiger partial charge in [0.2, 0.25) is 5.91 Å². The summed E-state index contributed by atoms with van der Waals surface area (Å²) >= 11 is 0. The number of hydrogen-bond acceptors (Lipinski definition) is 3. The van der Waals surface area contributed by atoms with Gasteiger partial charge in [0.15, 0.2) is 11.6 Å². The van der Waals surface area contributed by atoms with E-state index in [1.54, 1.807) is 13.0 Å². The minimum atomic E-state index is -1.25. The topological polar surface area (TPSA) is 82.0 Å². The van der Waals surface area contributed by atoms with Crippen molar-refractivity contribution < 1.29 is 18.4 Å². The number of nitriles is 1. The van der Waals surface area contributed by atoms with Crippen molar-refractivity contribution >= 4 is 17.4 Å². The van der Waals surface area contributed by atoms with Gasteiger partial charge in [0.1, 0.15) is 11.2 Å². The van der Waals surface area contributed by atoms with E-state index in [1.165, 1.54) is 6.92 Å². The first-order valence-corrected chi connectivity index (χ1v) is 8.54. The van der Waals surface area contributed by atoms with Gasteiger partial charge in [-0.3, -0.25) is 9.59 Å². The lowest BCUT2D eigenvalue weighted by molar-refractivity contribution is -0.135. The van der Waals surface area contributed by atoms with Crippen molar-refractivity contribution in [2.24, 2.45) is 0 Å². The third-order valence-electron chi connectivity index (χ3n) is 4.72. The lowest BCUT2D eigenvalue weighted by atomic mass is 9.88. The number of carbonyl (C=O) groups is 2. The Balaban J connectivity index is 1.99. The summed E-state index contributed by atoms with van der Waals surface area (Å²) in [7, 11) is 0. The van der Waals surface area contributed by atoms with Gasteiger partial charge < -0.3 is 10.6 Å². The summed E-state index contributed by atoms with van der Waals surface area (Å²) in [6.45, 7) is 2.94. The van der Waals surface area contributed by atoms with Crippen molar-refractivity contribution in [2.75, 3.05) is 0 Å². The summed E-state index contributed by atoms with van der Waals surface area (Å²) in [6.07, 6.45) is 0.259. The Morgan fingerprint density at radius 2 is 1.82 bits per heavy atom. The van der Waals surface area contributed by atoms with E-state index in [0.29, 0.717) is 0 Å². The Labute approximate surface area is 160 Å². The van der Waals surface area contributed by atoms with E-state index in [2.05, 4.69) is 10.6 Å². The molecule has 1 aliphatic heterocycles.